The lowest BCUT2D eigenvalue weighted by atomic mass is 9.87. The molecule has 0 aromatic rings. The lowest BCUT2D eigenvalue weighted by Crippen LogP contribution is -2.46. The van der Waals surface area contributed by atoms with Crippen LogP contribution in [0.4, 0.5) is 0 Å². The summed E-state index contributed by atoms with van der Waals surface area (Å²) in [5, 5.41) is 0. The van der Waals surface area contributed by atoms with E-state index in [9.17, 15) is 8.42 Å². The van der Waals surface area contributed by atoms with Gasteiger partial charge >= 0.3 is 0 Å². The van der Waals surface area contributed by atoms with Crippen molar-refractivity contribution in [2.45, 2.75) is 26.8 Å². The standard InChI is InChI=1S/C9H21ClN2O2S/c1-9(2,3)8(12(5)10)7-11(4)15(6,13)14/h8H,7H2,1-6H3/t8-/m1/s1. The van der Waals surface area contributed by atoms with Crippen LogP contribution in [-0.4, -0.2) is 50.1 Å². The minimum absolute atomic E-state index is 0.0288. The van der Waals surface area contributed by atoms with E-state index in [1.54, 1.807) is 18.5 Å². The van der Waals surface area contributed by atoms with E-state index >= 15 is 0 Å². The molecular formula is C9H21ClN2O2S. The second-order valence-corrected chi connectivity index (χ2v) is 7.57. The van der Waals surface area contributed by atoms with E-state index in [2.05, 4.69) is 0 Å². The van der Waals surface area contributed by atoms with Crippen molar-refractivity contribution >= 4 is 21.8 Å². The van der Waals surface area contributed by atoms with E-state index in [0.717, 1.165) is 0 Å². The van der Waals surface area contributed by atoms with Crippen molar-refractivity contribution in [3.05, 3.63) is 0 Å². The molecule has 0 N–H and O–H groups in total. The lowest BCUT2D eigenvalue weighted by Gasteiger charge is -2.36. The normalized spacial score (nSPS) is 16.1. The fourth-order valence-electron chi connectivity index (χ4n) is 1.30. The molecule has 0 aliphatic carbocycles. The van der Waals surface area contributed by atoms with E-state index in [0.29, 0.717) is 6.54 Å². The minimum Gasteiger partial charge on any atom is -0.218 e. The molecule has 0 spiro atoms. The van der Waals surface area contributed by atoms with Crippen LogP contribution >= 0.6 is 11.8 Å². The molecule has 0 heterocycles. The summed E-state index contributed by atoms with van der Waals surface area (Å²) in [4.78, 5) is 0. The van der Waals surface area contributed by atoms with Crippen molar-refractivity contribution in [1.82, 2.24) is 8.72 Å². The topological polar surface area (TPSA) is 40.6 Å². The number of rotatable bonds is 4. The van der Waals surface area contributed by atoms with E-state index in [-0.39, 0.29) is 11.5 Å². The van der Waals surface area contributed by atoms with Gasteiger partial charge in [-0.25, -0.2) is 17.1 Å². The molecule has 0 rings (SSSR count). The average Bonchev–Trinajstić information content (AvgIpc) is 1.94. The fraction of sp³-hybridized carbons (Fsp3) is 1.00. The molecular weight excluding hydrogens is 236 g/mol. The van der Waals surface area contributed by atoms with Crippen molar-refractivity contribution in [2.75, 3.05) is 26.9 Å². The van der Waals surface area contributed by atoms with E-state index in [4.69, 9.17) is 11.8 Å². The van der Waals surface area contributed by atoms with Gasteiger partial charge in [-0.2, -0.15) is 0 Å². The SMILES string of the molecule is CN(Cl)[C@H](CN(C)S(C)(=O)=O)C(C)(C)C. The van der Waals surface area contributed by atoms with Crippen molar-refractivity contribution in [3.63, 3.8) is 0 Å². The summed E-state index contributed by atoms with van der Waals surface area (Å²) in [6.07, 6.45) is 1.20. The fourth-order valence-corrected chi connectivity index (χ4v) is 2.07. The van der Waals surface area contributed by atoms with Gasteiger partial charge in [-0.1, -0.05) is 20.8 Å². The first-order valence-electron chi connectivity index (χ1n) is 4.76. The molecule has 1 atom stereocenters. The Labute approximate surface area is 98.4 Å². The van der Waals surface area contributed by atoms with Crippen molar-refractivity contribution in [1.29, 1.82) is 0 Å². The monoisotopic (exact) mass is 256 g/mol. The van der Waals surface area contributed by atoms with Crippen LogP contribution in [0.1, 0.15) is 20.8 Å². The number of likely N-dealkylation sites (N-methyl/N-ethyl adjacent to an activating group) is 2. The van der Waals surface area contributed by atoms with Crippen LogP contribution in [0.5, 0.6) is 0 Å². The Morgan fingerprint density at radius 1 is 1.27 bits per heavy atom. The van der Waals surface area contributed by atoms with Crippen molar-refractivity contribution in [2.24, 2.45) is 5.41 Å². The van der Waals surface area contributed by atoms with Gasteiger partial charge in [0, 0.05) is 26.7 Å². The summed E-state index contributed by atoms with van der Waals surface area (Å²) < 4.78 is 25.4. The highest BCUT2D eigenvalue weighted by Crippen LogP contribution is 2.25. The van der Waals surface area contributed by atoms with Gasteiger partial charge in [0.2, 0.25) is 10.0 Å². The molecule has 0 fully saturated rings. The van der Waals surface area contributed by atoms with Crippen LogP contribution < -0.4 is 0 Å². The summed E-state index contributed by atoms with van der Waals surface area (Å²) >= 11 is 5.93. The molecule has 0 amide bonds. The molecule has 0 unspecified atom stereocenters. The second-order valence-electron chi connectivity index (χ2n) is 4.95. The first-order valence-corrected chi connectivity index (χ1v) is 6.95. The number of nitrogens with zero attached hydrogens (tertiary/aromatic N) is 2. The molecule has 6 heteroatoms. The third-order valence-electron chi connectivity index (χ3n) is 2.43. The Morgan fingerprint density at radius 2 is 1.67 bits per heavy atom. The highest BCUT2D eigenvalue weighted by molar-refractivity contribution is 7.88. The Morgan fingerprint density at radius 3 is 1.87 bits per heavy atom. The predicted octanol–water partition coefficient (Wildman–Crippen LogP) is 1.38. The van der Waals surface area contributed by atoms with Crippen LogP contribution in [0.25, 0.3) is 0 Å². The smallest absolute Gasteiger partial charge is 0.211 e. The molecule has 4 nitrogen and oxygen atoms in total. The summed E-state index contributed by atoms with van der Waals surface area (Å²) in [6.45, 7) is 6.49. The van der Waals surface area contributed by atoms with Gasteiger partial charge in [0.15, 0.2) is 0 Å². The predicted molar refractivity (Wildman–Crippen MR) is 64.3 cm³/mol. The zero-order chi connectivity index (χ0) is 12.4. The zero-order valence-electron chi connectivity index (χ0n) is 10.3. The van der Waals surface area contributed by atoms with Gasteiger partial charge in [0.25, 0.3) is 0 Å². The minimum atomic E-state index is -3.14. The van der Waals surface area contributed by atoms with E-state index < -0.39 is 10.0 Å². The maximum Gasteiger partial charge on any atom is 0.211 e. The summed E-state index contributed by atoms with van der Waals surface area (Å²) in [7, 11) is 0.164. The van der Waals surface area contributed by atoms with Gasteiger partial charge in [-0.05, 0) is 17.2 Å². The highest BCUT2D eigenvalue weighted by Gasteiger charge is 2.30. The third-order valence-corrected chi connectivity index (χ3v) is 3.94. The average molecular weight is 257 g/mol. The highest BCUT2D eigenvalue weighted by atomic mass is 35.5. The first-order chi connectivity index (χ1) is 6.46. The van der Waals surface area contributed by atoms with Crippen LogP contribution in [-0.2, 0) is 10.0 Å². The maximum atomic E-state index is 11.3. The van der Waals surface area contributed by atoms with Gasteiger partial charge in [0.05, 0.1) is 6.26 Å². The van der Waals surface area contributed by atoms with Gasteiger partial charge in [-0.3, -0.25) is 0 Å². The quantitative estimate of drug-likeness (QED) is 0.714. The molecule has 15 heavy (non-hydrogen) atoms. The van der Waals surface area contributed by atoms with Crippen LogP contribution in [0, 0.1) is 5.41 Å². The second kappa shape index (κ2) is 4.99. The number of sulfonamides is 1. The Kier molecular flexibility index (Phi) is 5.05. The molecule has 92 valence electrons. The van der Waals surface area contributed by atoms with Crippen molar-refractivity contribution in [3.8, 4) is 0 Å². The molecule has 0 aliphatic rings. The molecule has 0 radical (unpaired) electrons. The molecule has 0 aromatic carbocycles. The Bertz CT molecular complexity index is 296. The molecule has 0 aliphatic heterocycles. The summed E-state index contributed by atoms with van der Waals surface area (Å²) in [6, 6.07) is -0.0288. The summed E-state index contributed by atoms with van der Waals surface area (Å²) in [5.41, 5.74) is -0.0740. The van der Waals surface area contributed by atoms with Crippen LogP contribution in [0.2, 0.25) is 0 Å². The Hall–Kier alpha value is 0.160. The first kappa shape index (κ1) is 15.2. The largest absolute Gasteiger partial charge is 0.218 e. The number of hydrogen-bond acceptors (Lipinski definition) is 3. The molecule has 0 bridgehead atoms. The van der Waals surface area contributed by atoms with Crippen LogP contribution in [0.3, 0.4) is 0 Å². The lowest BCUT2D eigenvalue weighted by molar-refractivity contribution is 0.179. The van der Waals surface area contributed by atoms with Gasteiger partial charge in [-0.15, -0.1) is 0 Å². The van der Waals surface area contributed by atoms with Crippen LogP contribution in [0.15, 0.2) is 0 Å². The third kappa shape index (κ3) is 5.15. The number of halogens is 1. The Balaban J connectivity index is 4.73. The van der Waals surface area contributed by atoms with Gasteiger partial charge in [0.1, 0.15) is 0 Å². The molecule has 0 saturated carbocycles. The molecule has 0 saturated heterocycles. The van der Waals surface area contributed by atoms with E-state index in [1.165, 1.54) is 10.6 Å². The molecule has 0 aromatic heterocycles. The van der Waals surface area contributed by atoms with Gasteiger partial charge < -0.3 is 0 Å². The summed E-state index contributed by atoms with van der Waals surface area (Å²) in [5.74, 6) is 0. The maximum absolute atomic E-state index is 11.3. The van der Waals surface area contributed by atoms with Crippen molar-refractivity contribution < 1.29 is 8.42 Å². The zero-order valence-corrected chi connectivity index (χ0v) is 11.9. The van der Waals surface area contributed by atoms with E-state index in [1.807, 2.05) is 20.8 Å². The number of hydrogen-bond donors (Lipinski definition) is 0.